The van der Waals surface area contributed by atoms with Gasteiger partial charge in [0.2, 0.25) is 5.88 Å². The van der Waals surface area contributed by atoms with Gasteiger partial charge in [-0.25, -0.2) is 4.98 Å². The Balaban J connectivity index is 1.27. The minimum atomic E-state index is 0.293. The molecule has 0 bridgehead atoms. The third kappa shape index (κ3) is 4.32. The van der Waals surface area contributed by atoms with E-state index in [0.29, 0.717) is 40.2 Å². The Labute approximate surface area is 212 Å². The SMILES string of the molecule is Cc1onc(N)c1-c1cccnc1Oc1ccc(Nc2nnc(-c3ccccc3)c3ccccc23)cc1. The van der Waals surface area contributed by atoms with E-state index in [-0.39, 0.29) is 0 Å². The lowest BCUT2D eigenvalue weighted by Crippen LogP contribution is -1.99. The minimum absolute atomic E-state index is 0.293. The van der Waals surface area contributed by atoms with Crippen LogP contribution in [0.3, 0.4) is 0 Å². The second kappa shape index (κ2) is 9.43. The molecule has 0 saturated heterocycles. The number of nitrogen functional groups attached to an aromatic ring is 1. The van der Waals surface area contributed by atoms with E-state index in [0.717, 1.165) is 27.7 Å². The maximum Gasteiger partial charge on any atom is 0.227 e. The largest absolute Gasteiger partial charge is 0.438 e. The van der Waals surface area contributed by atoms with Crippen LogP contribution < -0.4 is 15.8 Å². The van der Waals surface area contributed by atoms with Crippen molar-refractivity contribution >= 4 is 28.1 Å². The standard InChI is InChI=1S/C29H22N6O2/c1-18-25(27(30)35-37-18)24-12-7-17-31-29(24)36-21-15-13-20(14-16-21)32-28-23-11-6-5-10-22(23)26(33-34-28)19-8-3-2-4-9-19/h2-17H,1H3,(H2,30,35)(H,32,34). The molecule has 0 spiro atoms. The molecular formula is C29H22N6O2. The summed E-state index contributed by atoms with van der Waals surface area (Å²) in [4.78, 5) is 4.39. The van der Waals surface area contributed by atoms with Crippen molar-refractivity contribution in [2.75, 3.05) is 11.1 Å². The second-order valence-electron chi connectivity index (χ2n) is 8.42. The van der Waals surface area contributed by atoms with Gasteiger partial charge in [-0.05, 0) is 43.3 Å². The van der Waals surface area contributed by atoms with Crippen molar-refractivity contribution in [3.8, 4) is 34.0 Å². The first-order chi connectivity index (χ1) is 18.2. The van der Waals surface area contributed by atoms with E-state index in [9.17, 15) is 0 Å². The summed E-state index contributed by atoms with van der Waals surface area (Å²) in [6.45, 7) is 1.80. The summed E-state index contributed by atoms with van der Waals surface area (Å²) >= 11 is 0. The van der Waals surface area contributed by atoms with Crippen LogP contribution in [0.4, 0.5) is 17.3 Å². The average Bonchev–Trinajstić information content (AvgIpc) is 3.28. The number of ether oxygens (including phenoxy) is 1. The number of anilines is 3. The van der Waals surface area contributed by atoms with Crippen molar-refractivity contribution in [3.63, 3.8) is 0 Å². The number of hydrogen-bond acceptors (Lipinski definition) is 8. The zero-order valence-electron chi connectivity index (χ0n) is 19.9. The molecule has 180 valence electrons. The van der Waals surface area contributed by atoms with E-state index in [4.69, 9.17) is 15.0 Å². The summed E-state index contributed by atoms with van der Waals surface area (Å²) in [5, 5.41) is 18.3. The molecule has 37 heavy (non-hydrogen) atoms. The predicted octanol–water partition coefficient (Wildman–Crippen LogP) is 6.77. The van der Waals surface area contributed by atoms with Crippen LogP contribution in [0.25, 0.3) is 33.2 Å². The van der Waals surface area contributed by atoms with Crippen LogP contribution in [0.1, 0.15) is 5.76 Å². The van der Waals surface area contributed by atoms with Gasteiger partial charge in [-0.3, -0.25) is 0 Å². The third-order valence-corrected chi connectivity index (χ3v) is 6.00. The molecule has 8 nitrogen and oxygen atoms in total. The molecule has 3 aromatic heterocycles. The maximum atomic E-state index is 6.09. The van der Waals surface area contributed by atoms with Crippen LogP contribution in [0.5, 0.6) is 11.6 Å². The lowest BCUT2D eigenvalue weighted by atomic mass is 10.0. The summed E-state index contributed by atoms with van der Waals surface area (Å²) in [6, 6.07) is 29.4. The van der Waals surface area contributed by atoms with E-state index in [1.54, 1.807) is 13.1 Å². The zero-order chi connectivity index (χ0) is 25.2. The molecule has 0 atom stereocenters. The second-order valence-corrected chi connectivity index (χ2v) is 8.42. The number of hydrogen-bond donors (Lipinski definition) is 2. The van der Waals surface area contributed by atoms with Crippen LogP contribution in [0, 0.1) is 6.92 Å². The van der Waals surface area contributed by atoms with Gasteiger partial charge in [-0.2, -0.15) is 0 Å². The van der Waals surface area contributed by atoms with Crippen molar-refractivity contribution in [1.82, 2.24) is 20.3 Å². The van der Waals surface area contributed by atoms with Crippen LogP contribution in [0.15, 0.2) is 102 Å². The van der Waals surface area contributed by atoms with Crippen LogP contribution in [-0.2, 0) is 0 Å². The van der Waals surface area contributed by atoms with Crippen molar-refractivity contribution in [1.29, 1.82) is 0 Å². The Hall–Kier alpha value is -5.24. The monoisotopic (exact) mass is 486 g/mol. The van der Waals surface area contributed by atoms with Crippen molar-refractivity contribution in [2.24, 2.45) is 0 Å². The molecule has 0 aliphatic carbocycles. The number of aryl methyl sites for hydroxylation is 1. The summed E-state index contributed by atoms with van der Waals surface area (Å²) in [5.41, 5.74) is 10.1. The molecule has 0 amide bonds. The normalized spacial score (nSPS) is 10.9. The third-order valence-electron chi connectivity index (χ3n) is 6.00. The molecular weight excluding hydrogens is 464 g/mol. The molecule has 0 aliphatic rings. The zero-order valence-corrected chi connectivity index (χ0v) is 19.9. The summed E-state index contributed by atoms with van der Waals surface area (Å²) < 4.78 is 11.3. The molecule has 0 aliphatic heterocycles. The maximum absolute atomic E-state index is 6.09. The van der Waals surface area contributed by atoms with Gasteiger partial charge >= 0.3 is 0 Å². The molecule has 3 aromatic carbocycles. The molecule has 0 radical (unpaired) electrons. The Bertz CT molecular complexity index is 1680. The van der Waals surface area contributed by atoms with Crippen LogP contribution in [-0.4, -0.2) is 20.3 Å². The number of pyridine rings is 1. The molecule has 0 fully saturated rings. The molecule has 3 heterocycles. The van der Waals surface area contributed by atoms with E-state index >= 15 is 0 Å². The minimum Gasteiger partial charge on any atom is -0.438 e. The summed E-state index contributed by atoms with van der Waals surface area (Å²) in [5.74, 6) is 2.60. The Kier molecular flexibility index (Phi) is 5.67. The summed E-state index contributed by atoms with van der Waals surface area (Å²) in [7, 11) is 0. The Morgan fingerprint density at radius 3 is 2.32 bits per heavy atom. The van der Waals surface area contributed by atoms with Gasteiger partial charge in [-0.1, -0.05) is 59.8 Å². The molecule has 0 unspecified atom stereocenters. The topological polar surface area (TPSA) is 112 Å². The van der Waals surface area contributed by atoms with E-state index in [2.05, 4.69) is 31.7 Å². The van der Waals surface area contributed by atoms with E-state index in [1.165, 1.54) is 0 Å². The predicted molar refractivity (Wildman–Crippen MR) is 144 cm³/mol. The van der Waals surface area contributed by atoms with E-state index in [1.807, 2.05) is 84.9 Å². The van der Waals surface area contributed by atoms with Crippen molar-refractivity contribution < 1.29 is 9.26 Å². The fraction of sp³-hybridized carbons (Fsp3) is 0.0345. The molecule has 3 N–H and O–H groups in total. The highest BCUT2D eigenvalue weighted by molar-refractivity contribution is 6.00. The Morgan fingerprint density at radius 1 is 0.811 bits per heavy atom. The fourth-order valence-electron chi connectivity index (χ4n) is 4.24. The summed E-state index contributed by atoms with van der Waals surface area (Å²) in [6.07, 6.45) is 1.66. The molecule has 6 aromatic rings. The molecule has 8 heteroatoms. The van der Waals surface area contributed by atoms with Gasteiger partial charge in [0, 0.05) is 28.2 Å². The van der Waals surface area contributed by atoms with Gasteiger partial charge in [-0.15, -0.1) is 10.2 Å². The number of rotatable bonds is 6. The van der Waals surface area contributed by atoms with Crippen LogP contribution >= 0.6 is 0 Å². The number of fused-ring (bicyclic) bond motifs is 1. The highest BCUT2D eigenvalue weighted by Crippen LogP contribution is 2.37. The smallest absolute Gasteiger partial charge is 0.227 e. The van der Waals surface area contributed by atoms with Gasteiger partial charge in [0.25, 0.3) is 0 Å². The van der Waals surface area contributed by atoms with Gasteiger partial charge in [0.05, 0.1) is 11.1 Å². The van der Waals surface area contributed by atoms with Gasteiger partial charge in [0.1, 0.15) is 17.2 Å². The first-order valence-corrected chi connectivity index (χ1v) is 11.7. The number of nitrogens with one attached hydrogen (secondary N) is 1. The van der Waals surface area contributed by atoms with Gasteiger partial charge in [0.15, 0.2) is 11.6 Å². The number of nitrogens with zero attached hydrogens (tertiary/aromatic N) is 4. The number of nitrogens with two attached hydrogens (primary N) is 1. The highest BCUT2D eigenvalue weighted by atomic mass is 16.5. The van der Waals surface area contributed by atoms with Gasteiger partial charge < -0.3 is 20.3 Å². The van der Waals surface area contributed by atoms with Crippen LogP contribution in [0.2, 0.25) is 0 Å². The molecule has 6 rings (SSSR count). The fourth-order valence-corrected chi connectivity index (χ4v) is 4.24. The Morgan fingerprint density at radius 2 is 1.57 bits per heavy atom. The lowest BCUT2D eigenvalue weighted by Gasteiger charge is -2.12. The highest BCUT2D eigenvalue weighted by Gasteiger charge is 2.18. The number of aromatic nitrogens is 4. The lowest BCUT2D eigenvalue weighted by molar-refractivity contribution is 0.400. The first kappa shape index (κ1) is 22.2. The van der Waals surface area contributed by atoms with Crippen molar-refractivity contribution in [3.05, 3.63) is 103 Å². The average molecular weight is 487 g/mol. The first-order valence-electron chi connectivity index (χ1n) is 11.7. The number of benzene rings is 3. The molecule has 0 saturated carbocycles. The van der Waals surface area contributed by atoms with E-state index < -0.39 is 0 Å². The quantitative estimate of drug-likeness (QED) is 0.265. The van der Waals surface area contributed by atoms with Crippen molar-refractivity contribution in [2.45, 2.75) is 6.92 Å².